The van der Waals surface area contributed by atoms with Crippen molar-refractivity contribution in [2.45, 2.75) is 24.1 Å². The molecule has 0 bridgehead atoms. The molecule has 5 nitrogen and oxygen atoms in total. The maximum atomic E-state index is 13.0. The summed E-state index contributed by atoms with van der Waals surface area (Å²) < 4.78 is 28.1. The molecule has 0 fully saturated rings. The zero-order chi connectivity index (χ0) is 19.4. The van der Waals surface area contributed by atoms with Gasteiger partial charge in [0.1, 0.15) is 10.3 Å². The van der Waals surface area contributed by atoms with Gasteiger partial charge in [-0.15, -0.1) is 11.3 Å². The van der Waals surface area contributed by atoms with Gasteiger partial charge in [-0.2, -0.15) is 4.72 Å². The van der Waals surface area contributed by atoms with Crippen LogP contribution in [0.3, 0.4) is 0 Å². The van der Waals surface area contributed by atoms with Gasteiger partial charge in [0, 0.05) is 5.69 Å². The highest BCUT2D eigenvalue weighted by Gasteiger charge is 2.28. The number of carbonyl (C=O) groups excluding carboxylic acids is 1. The van der Waals surface area contributed by atoms with Crippen molar-refractivity contribution in [1.29, 1.82) is 0 Å². The zero-order valence-electron chi connectivity index (χ0n) is 15.0. The minimum Gasteiger partial charge on any atom is -0.324 e. The van der Waals surface area contributed by atoms with E-state index in [0.717, 1.165) is 22.5 Å². The molecule has 0 saturated carbocycles. The highest BCUT2D eigenvalue weighted by atomic mass is 32.2. The van der Waals surface area contributed by atoms with Gasteiger partial charge >= 0.3 is 0 Å². The van der Waals surface area contributed by atoms with E-state index in [2.05, 4.69) is 10.0 Å². The third-order valence-electron chi connectivity index (χ3n) is 4.29. The van der Waals surface area contributed by atoms with Crippen LogP contribution in [0.1, 0.15) is 22.7 Å². The van der Waals surface area contributed by atoms with Crippen molar-refractivity contribution in [1.82, 2.24) is 4.72 Å². The van der Waals surface area contributed by atoms with Gasteiger partial charge in [-0.05, 0) is 48.1 Å². The van der Waals surface area contributed by atoms with Crippen LogP contribution in [-0.4, -0.2) is 14.3 Å². The molecule has 1 heterocycles. The van der Waals surface area contributed by atoms with Gasteiger partial charge in [-0.1, -0.05) is 48.5 Å². The van der Waals surface area contributed by atoms with Crippen molar-refractivity contribution in [3.8, 4) is 0 Å². The maximum absolute atomic E-state index is 13.0. The molecular weight excluding hydrogens is 380 g/mol. The van der Waals surface area contributed by atoms with E-state index in [9.17, 15) is 13.2 Å². The Labute approximate surface area is 163 Å². The van der Waals surface area contributed by atoms with Crippen LogP contribution in [0.15, 0.2) is 70.3 Å². The fraction of sp³-hybridized carbons (Fsp3) is 0.150. The summed E-state index contributed by atoms with van der Waals surface area (Å²) >= 11 is 1.10. The molecule has 27 heavy (non-hydrogen) atoms. The third-order valence-corrected chi connectivity index (χ3v) is 7.11. The van der Waals surface area contributed by atoms with Gasteiger partial charge in [0.05, 0.1) is 0 Å². The van der Waals surface area contributed by atoms with Crippen LogP contribution in [-0.2, 0) is 14.8 Å². The minimum atomic E-state index is -3.81. The molecule has 0 radical (unpaired) electrons. The predicted octanol–water partition coefficient (Wildman–Crippen LogP) is 4.02. The van der Waals surface area contributed by atoms with E-state index < -0.39 is 22.0 Å². The smallest absolute Gasteiger partial charge is 0.251 e. The molecule has 1 amide bonds. The topological polar surface area (TPSA) is 75.3 Å². The van der Waals surface area contributed by atoms with E-state index in [4.69, 9.17) is 0 Å². The first-order chi connectivity index (χ1) is 12.9. The zero-order valence-corrected chi connectivity index (χ0v) is 16.6. The van der Waals surface area contributed by atoms with Gasteiger partial charge in [-0.3, -0.25) is 4.79 Å². The molecule has 0 aliphatic rings. The molecule has 7 heteroatoms. The van der Waals surface area contributed by atoms with Crippen LogP contribution < -0.4 is 10.0 Å². The summed E-state index contributed by atoms with van der Waals surface area (Å²) in [5.74, 6) is -0.435. The highest BCUT2D eigenvalue weighted by Crippen LogP contribution is 2.24. The van der Waals surface area contributed by atoms with Gasteiger partial charge in [0.2, 0.25) is 5.91 Å². The average molecular weight is 401 g/mol. The van der Waals surface area contributed by atoms with Crippen molar-refractivity contribution in [3.63, 3.8) is 0 Å². The molecule has 0 unspecified atom stereocenters. The number of rotatable bonds is 6. The quantitative estimate of drug-likeness (QED) is 0.656. The van der Waals surface area contributed by atoms with Crippen LogP contribution in [0.4, 0.5) is 5.69 Å². The fourth-order valence-corrected chi connectivity index (χ4v) is 4.83. The molecule has 3 rings (SSSR count). The SMILES string of the molecule is Cc1cccc(NC(=O)[C@@H](NS(=O)(=O)c2cccs2)c2ccccc2)c1C. The fourth-order valence-electron chi connectivity index (χ4n) is 2.64. The Hall–Kier alpha value is -2.48. The standard InChI is InChI=1S/C20H20N2O3S2/c1-14-8-6-11-17(15(14)2)21-20(23)19(16-9-4-3-5-10-16)22-27(24,25)18-12-7-13-26-18/h3-13,19,22H,1-2H3,(H,21,23)/t19-/m0/s1. The van der Waals surface area contributed by atoms with E-state index in [1.54, 1.807) is 41.8 Å². The average Bonchev–Trinajstić information content (AvgIpc) is 3.20. The first-order valence-electron chi connectivity index (χ1n) is 8.36. The summed E-state index contributed by atoms with van der Waals surface area (Å²) in [6.45, 7) is 3.87. The molecule has 2 aromatic carbocycles. The van der Waals surface area contributed by atoms with Crippen molar-refractivity contribution in [2.24, 2.45) is 0 Å². The normalized spacial score (nSPS) is 12.5. The Morgan fingerprint density at radius 2 is 1.70 bits per heavy atom. The molecule has 0 spiro atoms. The Balaban J connectivity index is 1.93. The largest absolute Gasteiger partial charge is 0.324 e. The number of benzene rings is 2. The van der Waals surface area contributed by atoms with Crippen LogP contribution in [0.2, 0.25) is 0 Å². The molecule has 0 aliphatic carbocycles. The number of aryl methyl sites for hydroxylation is 1. The van der Waals surface area contributed by atoms with Crippen LogP contribution in [0, 0.1) is 13.8 Å². The molecule has 0 saturated heterocycles. The third kappa shape index (κ3) is 4.44. The summed E-state index contributed by atoms with van der Waals surface area (Å²) in [4.78, 5) is 13.0. The minimum absolute atomic E-state index is 0.169. The Kier molecular flexibility index (Phi) is 5.74. The summed E-state index contributed by atoms with van der Waals surface area (Å²) in [6, 6.07) is 16.6. The van der Waals surface area contributed by atoms with Gasteiger partial charge in [0.15, 0.2) is 0 Å². The first-order valence-corrected chi connectivity index (χ1v) is 10.7. The second-order valence-corrected chi connectivity index (χ2v) is 9.02. The van der Waals surface area contributed by atoms with Crippen molar-refractivity contribution < 1.29 is 13.2 Å². The van der Waals surface area contributed by atoms with Crippen LogP contribution in [0.5, 0.6) is 0 Å². The molecule has 0 aliphatic heterocycles. The summed E-state index contributed by atoms with van der Waals surface area (Å²) in [5, 5.41) is 4.54. The number of hydrogen-bond donors (Lipinski definition) is 2. The number of anilines is 1. The number of nitrogens with one attached hydrogen (secondary N) is 2. The lowest BCUT2D eigenvalue weighted by Gasteiger charge is -2.19. The molecule has 3 aromatic rings. The molecular formula is C20H20N2O3S2. The van der Waals surface area contributed by atoms with E-state index in [0.29, 0.717) is 11.3 Å². The van der Waals surface area contributed by atoms with Gasteiger partial charge in [0.25, 0.3) is 10.0 Å². The number of hydrogen-bond acceptors (Lipinski definition) is 4. The van der Waals surface area contributed by atoms with Crippen molar-refractivity contribution >= 4 is 33.0 Å². The second kappa shape index (κ2) is 8.04. The van der Waals surface area contributed by atoms with E-state index in [1.165, 1.54) is 6.07 Å². The molecule has 1 aromatic heterocycles. The highest BCUT2D eigenvalue weighted by molar-refractivity contribution is 7.91. The van der Waals surface area contributed by atoms with Gasteiger partial charge in [-0.25, -0.2) is 8.42 Å². The van der Waals surface area contributed by atoms with Crippen LogP contribution >= 0.6 is 11.3 Å². The Morgan fingerprint density at radius 1 is 0.963 bits per heavy atom. The maximum Gasteiger partial charge on any atom is 0.251 e. The summed E-state index contributed by atoms with van der Waals surface area (Å²) in [7, 11) is -3.81. The van der Waals surface area contributed by atoms with E-state index in [1.807, 2.05) is 32.0 Å². The lowest BCUT2D eigenvalue weighted by atomic mass is 10.1. The van der Waals surface area contributed by atoms with Crippen molar-refractivity contribution in [2.75, 3.05) is 5.32 Å². The van der Waals surface area contributed by atoms with E-state index in [-0.39, 0.29) is 4.21 Å². The Bertz CT molecular complexity index is 1030. The number of carbonyl (C=O) groups is 1. The summed E-state index contributed by atoms with van der Waals surface area (Å²) in [6.07, 6.45) is 0. The molecule has 140 valence electrons. The lowest BCUT2D eigenvalue weighted by molar-refractivity contribution is -0.117. The second-order valence-electron chi connectivity index (χ2n) is 6.13. The molecule has 2 N–H and O–H groups in total. The van der Waals surface area contributed by atoms with Gasteiger partial charge < -0.3 is 5.32 Å². The number of amides is 1. The van der Waals surface area contributed by atoms with Crippen LogP contribution in [0.25, 0.3) is 0 Å². The predicted molar refractivity (Wildman–Crippen MR) is 108 cm³/mol. The number of thiophene rings is 1. The van der Waals surface area contributed by atoms with Crippen molar-refractivity contribution in [3.05, 3.63) is 82.7 Å². The first kappa shape index (κ1) is 19.3. The monoisotopic (exact) mass is 400 g/mol. The Morgan fingerprint density at radius 3 is 2.37 bits per heavy atom. The lowest BCUT2D eigenvalue weighted by Crippen LogP contribution is -2.36. The number of sulfonamides is 1. The summed E-state index contributed by atoms with van der Waals surface area (Å²) in [5.41, 5.74) is 3.22. The molecule has 1 atom stereocenters. The van der Waals surface area contributed by atoms with E-state index >= 15 is 0 Å².